The summed E-state index contributed by atoms with van der Waals surface area (Å²) >= 11 is 0. The molecule has 1 aromatic rings. The lowest BCUT2D eigenvalue weighted by Crippen LogP contribution is -2.39. The molecule has 90 valence electrons. The third-order valence-electron chi connectivity index (χ3n) is 2.84. The van der Waals surface area contributed by atoms with Gasteiger partial charge in [0.25, 0.3) is 0 Å². The van der Waals surface area contributed by atoms with Gasteiger partial charge in [-0.1, -0.05) is 0 Å². The Kier molecular flexibility index (Phi) is 3.81. The van der Waals surface area contributed by atoms with Crippen LogP contribution in [0.25, 0.3) is 0 Å². The van der Waals surface area contributed by atoms with Crippen molar-refractivity contribution in [2.45, 2.75) is 39.3 Å². The number of anilines is 1. The maximum Gasteiger partial charge on any atom is 0.121 e. The molecule has 3 nitrogen and oxygen atoms in total. The Morgan fingerprint density at radius 2 is 2.00 bits per heavy atom. The van der Waals surface area contributed by atoms with Crippen LogP contribution >= 0.6 is 0 Å². The van der Waals surface area contributed by atoms with Gasteiger partial charge in [-0.25, -0.2) is 0 Å². The summed E-state index contributed by atoms with van der Waals surface area (Å²) in [6.45, 7) is 7.54. The number of aliphatic hydroxyl groups is 1. The van der Waals surface area contributed by atoms with Gasteiger partial charge in [0.2, 0.25) is 0 Å². The zero-order valence-electron chi connectivity index (χ0n) is 10.7. The first-order chi connectivity index (χ1) is 7.34. The SMILES string of the molecule is COc1ccc(NC(C)C(C)(C)O)cc1C. The highest BCUT2D eigenvalue weighted by Gasteiger charge is 2.21. The molecular formula is C13H21NO2. The van der Waals surface area contributed by atoms with Crippen LogP contribution in [-0.2, 0) is 0 Å². The summed E-state index contributed by atoms with van der Waals surface area (Å²) in [5, 5.41) is 13.1. The van der Waals surface area contributed by atoms with E-state index in [0.717, 1.165) is 17.0 Å². The first-order valence-electron chi connectivity index (χ1n) is 5.48. The lowest BCUT2D eigenvalue weighted by molar-refractivity contribution is 0.0649. The van der Waals surface area contributed by atoms with Gasteiger partial charge in [0, 0.05) is 5.69 Å². The molecule has 3 heteroatoms. The van der Waals surface area contributed by atoms with Crippen LogP contribution in [0.1, 0.15) is 26.3 Å². The van der Waals surface area contributed by atoms with Crippen LogP contribution in [0.2, 0.25) is 0 Å². The lowest BCUT2D eigenvalue weighted by Gasteiger charge is -2.27. The normalized spacial score (nSPS) is 13.4. The van der Waals surface area contributed by atoms with Crippen molar-refractivity contribution in [2.75, 3.05) is 12.4 Å². The predicted octanol–water partition coefficient (Wildman–Crippen LogP) is 2.57. The number of rotatable bonds is 4. The summed E-state index contributed by atoms with van der Waals surface area (Å²) in [5.74, 6) is 0.876. The van der Waals surface area contributed by atoms with E-state index in [1.807, 2.05) is 32.0 Å². The predicted molar refractivity (Wildman–Crippen MR) is 67.1 cm³/mol. The van der Waals surface area contributed by atoms with E-state index in [0.29, 0.717) is 0 Å². The van der Waals surface area contributed by atoms with E-state index in [9.17, 15) is 5.11 Å². The summed E-state index contributed by atoms with van der Waals surface area (Å²) < 4.78 is 5.20. The molecule has 1 rings (SSSR count). The summed E-state index contributed by atoms with van der Waals surface area (Å²) in [5.41, 5.74) is 1.33. The second kappa shape index (κ2) is 4.74. The molecule has 0 aliphatic carbocycles. The van der Waals surface area contributed by atoms with Crippen LogP contribution in [0, 0.1) is 6.92 Å². The summed E-state index contributed by atoms with van der Waals surface area (Å²) in [7, 11) is 1.66. The minimum atomic E-state index is -0.742. The van der Waals surface area contributed by atoms with E-state index < -0.39 is 5.60 Å². The number of nitrogens with one attached hydrogen (secondary N) is 1. The third kappa shape index (κ3) is 3.14. The molecule has 2 N–H and O–H groups in total. The molecule has 0 aromatic heterocycles. The van der Waals surface area contributed by atoms with Crippen LogP contribution < -0.4 is 10.1 Å². The summed E-state index contributed by atoms with van der Waals surface area (Å²) in [4.78, 5) is 0. The third-order valence-corrected chi connectivity index (χ3v) is 2.84. The van der Waals surface area contributed by atoms with Crippen molar-refractivity contribution in [3.63, 3.8) is 0 Å². The number of methoxy groups -OCH3 is 1. The van der Waals surface area contributed by atoms with Gasteiger partial charge in [0.15, 0.2) is 0 Å². The van der Waals surface area contributed by atoms with E-state index in [1.165, 1.54) is 0 Å². The molecule has 1 aromatic carbocycles. The van der Waals surface area contributed by atoms with Crippen LogP contribution in [0.5, 0.6) is 5.75 Å². The van der Waals surface area contributed by atoms with Crippen molar-refractivity contribution >= 4 is 5.69 Å². The van der Waals surface area contributed by atoms with Gasteiger partial charge in [-0.15, -0.1) is 0 Å². The molecule has 1 unspecified atom stereocenters. The first-order valence-corrected chi connectivity index (χ1v) is 5.48. The quantitative estimate of drug-likeness (QED) is 0.824. The maximum atomic E-state index is 9.83. The molecule has 0 amide bonds. The molecule has 1 atom stereocenters. The van der Waals surface area contributed by atoms with Crippen molar-refractivity contribution in [1.29, 1.82) is 0 Å². The fourth-order valence-electron chi connectivity index (χ4n) is 1.39. The highest BCUT2D eigenvalue weighted by Crippen LogP contribution is 2.23. The highest BCUT2D eigenvalue weighted by atomic mass is 16.5. The smallest absolute Gasteiger partial charge is 0.121 e. The van der Waals surface area contributed by atoms with Crippen molar-refractivity contribution in [3.05, 3.63) is 23.8 Å². The number of aryl methyl sites for hydroxylation is 1. The van der Waals surface area contributed by atoms with Gasteiger partial charge >= 0.3 is 0 Å². The molecule has 0 saturated carbocycles. The van der Waals surface area contributed by atoms with Crippen molar-refractivity contribution in [1.82, 2.24) is 0 Å². The molecule has 0 heterocycles. The molecule has 0 aliphatic rings. The van der Waals surface area contributed by atoms with Crippen LogP contribution in [-0.4, -0.2) is 23.9 Å². The fraction of sp³-hybridized carbons (Fsp3) is 0.538. The molecule has 0 spiro atoms. The average Bonchev–Trinajstić information content (AvgIpc) is 2.16. The topological polar surface area (TPSA) is 41.5 Å². The zero-order valence-corrected chi connectivity index (χ0v) is 10.7. The number of hydrogen-bond acceptors (Lipinski definition) is 3. The second-order valence-corrected chi connectivity index (χ2v) is 4.70. The summed E-state index contributed by atoms with van der Waals surface area (Å²) in [6, 6.07) is 5.88. The Bertz CT molecular complexity index is 355. The Hall–Kier alpha value is -1.22. The maximum absolute atomic E-state index is 9.83. The van der Waals surface area contributed by atoms with Crippen molar-refractivity contribution in [3.8, 4) is 5.75 Å². The van der Waals surface area contributed by atoms with E-state index in [-0.39, 0.29) is 6.04 Å². The van der Waals surface area contributed by atoms with E-state index >= 15 is 0 Å². The summed E-state index contributed by atoms with van der Waals surface area (Å²) in [6.07, 6.45) is 0. The van der Waals surface area contributed by atoms with Crippen molar-refractivity contribution in [2.24, 2.45) is 0 Å². The van der Waals surface area contributed by atoms with Crippen molar-refractivity contribution < 1.29 is 9.84 Å². The molecule has 16 heavy (non-hydrogen) atoms. The number of hydrogen-bond donors (Lipinski definition) is 2. The Morgan fingerprint density at radius 3 is 2.44 bits per heavy atom. The van der Waals surface area contributed by atoms with Crippen LogP contribution in [0.4, 0.5) is 5.69 Å². The van der Waals surface area contributed by atoms with Gasteiger partial charge in [-0.05, 0) is 51.5 Å². The van der Waals surface area contributed by atoms with Gasteiger partial charge < -0.3 is 15.2 Å². The highest BCUT2D eigenvalue weighted by molar-refractivity contribution is 5.51. The number of ether oxygens (including phenoxy) is 1. The van der Waals surface area contributed by atoms with Crippen LogP contribution in [0.15, 0.2) is 18.2 Å². The Labute approximate surface area is 97.4 Å². The first kappa shape index (κ1) is 12.8. The molecule has 0 fully saturated rings. The van der Waals surface area contributed by atoms with E-state index in [1.54, 1.807) is 21.0 Å². The molecule has 0 bridgehead atoms. The average molecular weight is 223 g/mol. The van der Waals surface area contributed by atoms with Gasteiger partial charge in [0.1, 0.15) is 5.75 Å². The Balaban J connectivity index is 2.79. The Morgan fingerprint density at radius 1 is 1.38 bits per heavy atom. The minimum absolute atomic E-state index is 0.0136. The van der Waals surface area contributed by atoms with Gasteiger partial charge in [0.05, 0.1) is 18.8 Å². The zero-order chi connectivity index (χ0) is 12.3. The monoisotopic (exact) mass is 223 g/mol. The van der Waals surface area contributed by atoms with Gasteiger partial charge in [-0.3, -0.25) is 0 Å². The fourth-order valence-corrected chi connectivity index (χ4v) is 1.39. The van der Waals surface area contributed by atoms with E-state index in [4.69, 9.17) is 4.74 Å². The minimum Gasteiger partial charge on any atom is -0.496 e. The van der Waals surface area contributed by atoms with Crippen LogP contribution in [0.3, 0.4) is 0 Å². The standard InChI is InChI=1S/C13H21NO2/c1-9-8-11(6-7-12(9)16-5)14-10(2)13(3,4)15/h6-8,10,14-15H,1-5H3. The second-order valence-electron chi connectivity index (χ2n) is 4.70. The lowest BCUT2D eigenvalue weighted by atomic mass is 10.0. The number of benzene rings is 1. The molecule has 0 saturated heterocycles. The largest absolute Gasteiger partial charge is 0.496 e. The molecule has 0 aliphatic heterocycles. The molecule has 0 radical (unpaired) electrons. The molecular weight excluding hydrogens is 202 g/mol. The van der Waals surface area contributed by atoms with Gasteiger partial charge in [-0.2, -0.15) is 0 Å². The van der Waals surface area contributed by atoms with E-state index in [2.05, 4.69) is 5.32 Å².